The summed E-state index contributed by atoms with van der Waals surface area (Å²) < 4.78 is 37.4. The molecule has 0 saturated heterocycles. The molecule has 1 aliphatic rings. The lowest BCUT2D eigenvalue weighted by molar-refractivity contribution is -0.0960. The van der Waals surface area contributed by atoms with Crippen LogP contribution in [0.2, 0.25) is 0 Å². The number of benzene rings is 1. The summed E-state index contributed by atoms with van der Waals surface area (Å²) in [4.78, 5) is 1.96. The maximum atomic E-state index is 12.5. The van der Waals surface area contributed by atoms with Crippen molar-refractivity contribution in [2.45, 2.75) is 19.1 Å². The Morgan fingerprint density at radius 3 is 2.50 bits per heavy atom. The second kappa shape index (κ2) is 5.02. The Bertz CT molecular complexity index is 452. The van der Waals surface area contributed by atoms with Crippen molar-refractivity contribution in [1.82, 2.24) is 4.90 Å². The largest absolute Gasteiger partial charge is 0.412 e. The summed E-state index contributed by atoms with van der Waals surface area (Å²) in [5.74, 6) is 0. The van der Waals surface area contributed by atoms with Gasteiger partial charge in [0, 0.05) is 30.9 Å². The van der Waals surface area contributed by atoms with E-state index in [0.29, 0.717) is 25.3 Å². The molecule has 0 fully saturated rings. The van der Waals surface area contributed by atoms with Gasteiger partial charge in [-0.15, -0.1) is 0 Å². The van der Waals surface area contributed by atoms with E-state index in [0.717, 1.165) is 5.56 Å². The molecule has 18 heavy (non-hydrogen) atoms. The summed E-state index contributed by atoms with van der Waals surface area (Å²) in [6.07, 6.45) is -2.86. The number of hydrogen-bond acceptors (Lipinski definition) is 2. The Kier molecular flexibility index (Phi) is 3.61. The first-order chi connectivity index (χ1) is 8.47. The number of nitrogens with zero attached hydrogens (tertiary/aromatic N) is 1. The Morgan fingerprint density at radius 2 is 1.94 bits per heavy atom. The van der Waals surface area contributed by atoms with Gasteiger partial charge >= 0.3 is 6.18 Å². The predicted octanol–water partition coefficient (Wildman–Crippen LogP) is 2.96. The Morgan fingerprint density at radius 1 is 1.22 bits per heavy atom. The lowest BCUT2D eigenvalue weighted by Gasteiger charge is -2.27. The maximum Gasteiger partial charge on any atom is 0.412 e. The van der Waals surface area contributed by atoms with E-state index in [-0.39, 0.29) is 6.42 Å². The average molecular weight is 256 g/mol. The molecule has 2 N–H and O–H groups in total. The number of nitrogens with two attached hydrogens (primary N) is 1. The van der Waals surface area contributed by atoms with Crippen LogP contribution in [0.1, 0.15) is 12.0 Å². The second-order valence-corrected chi connectivity index (χ2v) is 4.41. The van der Waals surface area contributed by atoms with Gasteiger partial charge < -0.3 is 5.73 Å². The van der Waals surface area contributed by atoms with Crippen LogP contribution in [0.5, 0.6) is 0 Å². The fourth-order valence-corrected chi connectivity index (χ4v) is 2.03. The predicted molar refractivity (Wildman–Crippen MR) is 64.9 cm³/mol. The molecule has 5 heteroatoms. The number of hydrogen-bond donors (Lipinski definition) is 1. The molecule has 1 aliphatic heterocycles. The first kappa shape index (κ1) is 13.0. The maximum absolute atomic E-state index is 12.5. The minimum Gasteiger partial charge on any atom is -0.398 e. The van der Waals surface area contributed by atoms with Crippen molar-refractivity contribution in [3.05, 3.63) is 41.5 Å². The number of rotatable bonds is 2. The average Bonchev–Trinajstić information content (AvgIpc) is 2.32. The zero-order valence-corrected chi connectivity index (χ0v) is 9.87. The van der Waals surface area contributed by atoms with E-state index in [2.05, 4.69) is 0 Å². The number of halogens is 3. The molecule has 0 atom stereocenters. The topological polar surface area (TPSA) is 29.3 Å². The van der Waals surface area contributed by atoms with Crippen LogP contribution in [-0.2, 0) is 6.54 Å². The van der Waals surface area contributed by atoms with Crippen LogP contribution in [0.15, 0.2) is 35.9 Å². The van der Waals surface area contributed by atoms with Gasteiger partial charge in [-0.3, -0.25) is 4.90 Å². The van der Waals surface area contributed by atoms with Crippen LogP contribution < -0.4 is 5.73 Å². The number of alkyl halides is 3. The summed E-state index contributed by atoms with van der Waals surface area (Å²) in [6, 6.07) is 7.43. The highest BCUT2D eigenvalue weighted by atomic mass is 19.4. The first-order valence-corrected chi connectivity index (χ1v) is 5.79. The van der Waals surface area contributed by atoms with Crippen molar-refractivity contribution in [3.8, 4) is 0 Å². The standard InChI is InChI=1S/C13H15F3N2/c14-13(15,16)11-5-7-18(8-6-11)9-10-3-1-2-4-12(10)17/h1-5H,6-9,17H2. The zero-order chi connectivity index (χ0) is 13.2. The lowest BCUT2D eigenvalue weighted by atomic mass is 10.1. The second-order valence-electron chi connectivity index (χ2n) is 4.41. The molecule has 1 aromatic carbocycles. The van der Waals surface area contributed by atoms with Gasteiger partial charge in [0.25, 0.3) is 0 Å². The van der Waals surface area contributed by atoms with E-state index in [4.69, 9.17) is 5.73 Å². The molecule has 0 bridgehead atoms. The molecule has 0 saturated carbocycles. The molecule has 0 amide bonds. The van der Waals surface area contributed by atoms with Crippen LogP contribution in [-0.4, -0.2) is 24.2 Å². The van der Waals surface area contributed by atoms with Gasteiger partial charge in [-0.05, 0) is 18.1 Å². The fourth-order valence-electron chi connectivity index (χ4n) is 2.03. The van der Waals surface area contributed by atoms with E-state index < -0.39 is 11.7 Å². The van der Waals surface area contributed by atoms with Crippen molar-refractivity contribution in [2.24, 2.45) is 0 Å². The third-order valence-electron chi connectivity index (χ3n) is 3.11. The Hall–Kier alpha value is -1.49. The monoisotopic (exact) mass is 256 g/mol. The molecule has 1 aromatic rings. The number of anilines is 1. The smallest absolute Gasteiger partial charge is 0.398 e. The van der Waals surface area contributed by atoms with E-state index in [9.17, 15) is 13.2 Å². The zero-order valence-electron chi connectivity index (χ0n) is 9.87. The molecule has 0 spiro atoms. The van der Waals surface area contributed by atoms with Gasteiger partial charge in [-0.2, -0.15) is 13.2 Å². The van der Waals surface area contributed by atoms with Crippen LogP contribution in [0.25, 0.3) is 0 Å². The van der Waals surface area contributed by atoms with E-state index in [1.807, 2.05) is 23.1 Å². The van der Waals surface area contributed by atoms with Gasteiger partial charge in [0.1, 0.15) is 0 Å². The van der Waals surface area contributed by atoms with Crippen molar-refractivity contribution in [2.75, 3.05) is 18.8 Å². The minimum absolute atomic E-state index is 0.0518. The van der Waals surface area contributed by atoms with E-state index in [1.165, 1.54) is 6.08 Å². The molecule has 0 aliphatic carbocycles. The summed E-state index contributed by atoms with van der Waals surface area (Å²) >= 11 is 0. The minimum atomic E-state index is -4.18. The third-order valence-corrected chi connectivity index (χ3v) is 3.11. The lowest BCUT2D eigenvalue weighted by Crippen LogP contribution is -2.31. The van der Waals surface area contributed by atoms with Gasteiger partial charge in [0.05, 0.1) is 0 Å². The van der Waals surface area contributed by atoms with Gasteiger partial charge in [0.2, 0.25) is 0 Å². The molecule has 0 aromatic heterocycles. The molecule has 98 valence electrons. The first-order valence-electron chi connectivity index (χ1n) is 5.79. The van der Waals surface area contributed by atoms with E-state index >= 15 is 0 Å². The van der Waals surface area contributed by atoms with Crippen LogP contribution in [0.3, 0.4) is 0 Å². The van der Waals surface area contributed by atoms with Crippen LogP contribution in [0, 0.1) is 0 Å². The normalized spacial score (nSPS) is 17.6. The van der Waals surface area contributed by atoms with Gasteiger partial charge in [-0.25, -0.2) is 0 Å². The summed E-state index contributed by atoms with van der Waals surface area (Å²) in [6.45, 7) is 1.33. The molecule has 1 heterocycles. The number of nitrogen functional groups attached to an aromatic ring is 1. The van der Waals surface area contributed by atoms with Crippen LogP contribution in [0.4, 0.5) is 18.9 Å². The van der Waals surface area contributed by atoms with Crippen LogP contribution >= 0.6 is 0 Å². The molecule has 0 unspecified atom stereocenters. The molecule has 2 rings (SSSR count). The van der Waals surface area contributed by atoms with Gasteiger partial charge in [-0.1, -0.05) is 24.3 Å². The number of para-hydroxylation sites is 1. The molecule has 2 nitrogen and oxygen atoms in total. The van der Waals surface area contributed by atoms with Crippen molar-refractivity contribution in [3.63, 3.8) is 0 Å². The molecule has 0 radical (unpaired) electrons. The third kappa shape index (κ3) is 3.04. The van der Waals surface area contributed by atoms with Crippen molar-refractivity contribution in [1.29, 1.82) is 0 Å². The highest BCUT2D eigenvalue weighted by molar-refractivity contribution is 5.46. The van der Waals surface area contributed by atoms with E-state index in [1.54, 1.807) is 6.07 Å². The van der Waals surface area contributed by atoms with Crippen molar-refractivity contribution >= 4 is 5.69 Å². The Labute approximate surface area is 104 Å². The highest BCUT2D eigenvalue weighted by Crippen LogP contribution is 2.30. The Balaban J connectivity index is 1.99. The fraction of sp³-hybridized carbons (Fsp3) is 0.385. The quantitative estimate of drug-likeness (QED) is 0.651. The van der Waals surface area contributed by atoms with Gasteiger partial charge in [0.15, 0.2) is 0 Å². The highest BCUT2D eigenvalue weighted by Gasteiger charge is 2.34. The summed E-state index contributed by atoms with van der Waals surface area (Å²) in [7, 11) is 0. The summed E-state index contributed by atoms with van der Waals surface area (Å²) in [5.41, 5.74) is 7.04. The van der Waals surface area contributed by atoms with Crippen molar-refractivity contribution < 1.29 is 13.2 Å². The SMILES string of the molecule is Nc1ccccc1CN1CC=C(C(F)(F)F)CC1. The molecular formula is C13H15F3N2. The molecular weight excluding hydrogens is 241 g/mol. The summed E-state index contributed by atoms with van der Waals surface area (Å²) in [5, 5.41) is 0.